The highest BCUT2D eigenvalue weighted by atomic mass is 16.1. The van der Waals surface area contributed by atoms with Crippen molar-refractivity contribution < 1.29 is 4.79 Å². The molecule has 2 heteroatoms. The van der Waals surface area contributed by atoms with Gasteiger partial charge in [0, 0.05) is 30.8 Å². The van der Waals surface area contributed by atoms with E-state index in [-0.39, 0.29) is 5.78 Å². The molecule has 0 aromatic carbocycles. The molecule has 1 fully saturated rings. The number of carbonyl (C=O) groups is 1. The summed E-state index contributed by atoms with van der Waals surface area (Å²) in [6.07, 6.45) is 16.4. The molecule has 2 nitrogen and oxygen atoms in total. The van der Waals surface area contributed by atoms with E-state index < -0.39 is 0 Å². The molecular formula is C16H13NO. The smallest absolute Gasteiger partial charge is 0.193 e. The van der Waals surface area contributed by atoms with Crippen LogP contribution in [-0.2, 0) is 4.79 Å². The van der Waals surface area contributed by atoms with Gasteiger partial charge in [0.2, 0.25) is 0 Å². The van der Waals surface area contributed by atoms with Crippen LogP contribution >= 0.6 is 0 Å². The molecule has 0 bridgehead atoms. The lowest BCUT2D eigenvalue weighted by atomic mass is 10.0. The van der Waals surface area contributed by atoms with Crippen molar-refractivity contribution in [3.05, 3.63) is 54.1 Å². The van der Waals surface area contributed by atoms with Gasteiger partial charge < -0.3 is 4.90 Å². The molecule has 0 saturated heterocycles. The number of hydrogen-bond acceptors (Lipinski definition) is 2. The second kappa shape index (κ2) is 4.70. The zero-order valence-corrected chi connectivity index (χ0v) is 10.0. The lowest BCUT2D eigenvalue weighted by Gasteiger charge is -2.21. The lowest BCUT2D eigenvalue weighted by Crippen LogP contribution is -2.22. The summed E-state index contributed by atoms with van der Waals surface area (Å²) in [7, 11) is 0. The summed E-state index contributed by atoms with van der Waals surface area (Å²) >= 11 is 0. The molecule has 1 saturated carbocycles. The van der Waals surface area contributed by atoms with Gasteiger partial charge in [-0.15, -0.1) is 0 Å². The van der Waals surface area contributed by atoms with Crippen molar-refractivity contribution in [1.29, 1.82) is 0 Å². The molecule has 1 heterocycles. The number of hydrogen-bond donors (Lipinski definition) is 0. The lowest BCUT2D eigenvalue weighted by molar-refractivity contribution is -0.111. The minimum atomic E-state index is -0.0410. The van der Waals surface area contributed by atoms with Crippen molar-refractivity contribution in [2.24, 2.45) is 0 Å². The second-order valence-electron chi connectivity index (χ2n) is 4.59. The molecule has 0 amide bonds. The number of rotatable bonds is 1. The Morgan fingerprint density at radius 3 is 2.94 bits per heavy atom. The quantitative estimate of drug-likeness (QED) is 0.648. The van der Waals surface area contributed by atoms with E-state index in [1.807, 2.05) is 6.08 Å². The Labute approximate surface area is 107 Å². The third-order valence-corrected chi connectivity index (χ3v) is 3.10. The molecule has 2 aliphatic carbocycles. The van der Waals surface area contributed by atoms with Gasteiger partial charge in [-0.25, -0.2) is 0 Å². The SMILES string of the molecule is O=C1C=C[C]C=C1C#CC1=CN(C2CC2)CC=C1. The van der Waals surface area contributed by atoms with Crippen LogP contribution < -0.4 is 0 Å². The number of ketones is 1. The highest BCUT2D eigenvalue weighted by Gasteiger charge is 2.27. The summed E-state index contributed by atoms with van der Waals surface area (Å²) in [4.78, 5) is 13.8. The Morgan fingerprint density at radius 1 is 1.28 bits per heavy atom. The summed E-state index contributed by atoms with van der Waals surface area (Å²) < 4.78 is 0. The molecule has 0 atom stereocenters. The molecular weight excluding hydrogens is 222 g/mol. The fourth-order valence-electron chi connectivity index (χ4n) is 1.96. The van der Waals surface area contributed by atoms with Crippen LogP contribution in [-0.4, -0.2) is 23.3 Å². The Bertz CT molecular complexity index is 547. The van der Waals surface area contributed by atoms with Crippen molar-refractivity contribution in [2.75, 3.05) is 6.54 Å². The maximum atomic E-state index is 11.5. The molecule has 88 valence electrons. The fraction of sp³-hybridized carbons (Fsp3) is 0.250. The Morgan fingerprint density at radius 2 is 2.17 bits per heavy atom. The van der Waals surface area contributed by atoms with Crippen molar-refractivity contribution in [3.8, 4) is 11.8 Å². The van der Waals surface area contributed by atoms with Gasteiger partial charge in [0.15, 0.2) is 5.78 Å². The summed E-state index contributed by atoms with van der Waals surface area (Å²) in [6, 6.07) is 0.701. The van der Waals surface area contributed by atoms with E-state index in [1.54, 1.807) is 12.2 Å². The Hall–Kier alpha value is -2.01. The van der Waals surface area contributed by atoms with Crippen LogP contribution in [0.5, 0.6) is 0 Å². The topological polar surface area (TPSA) is 20.3 Å². The zero-order valence-electron chi connectivity index (χ0n) is 10.0. The molecule has 0 aromatic heterocycles. The van der Waals surface area contributed by atoms with Crippen LogP contribution in [0, 0.1) is 18.3 Å². The first kappa shape index (κ1) is 11.1. The number of nitrogens with zero attached hydrogens (tertiary/aromatic N) is 1. The van der Waals surface area contributed by atoms with Gasteiger partial charge in [-0.2, -0.15) is 0 Å². The summed E-state index contributed by atoms with van der Waals surface area (Å²) in [5, 5.41) is 0. The highest BCUT2D eigenvalue weighted by Crippen LogP contribution is 2.28. The van der Waals surface area contributed by atoms with Crippen molar-refractivity contribution in [2.45, 2.75) is 18.9 Å². The molecule has 3 aliphatic rings. The van der Waals surface area contributed by atoms with E-state index in [9.17, 15) is 4.79 Å². The fourth-order valence-corrected chi connectivity index (χ4v) is 1.96. The van der Waals surface area contributed by atoms with Crippen LogP contribution in [0.3, 0.4) is 0 Å². The maximum absolute atomic E-state index is 11.5. The summed E-state index contributed by atoms with van der Waals surface area (Å²) in [6.45, 7) is 0.974. The van der Waals surface area contributed by atoms with Crippen molar-refractivity contribution >= 4 is 5.78 Å². The molecule has 1 aliphatic heterocycles. The summed E-state index contributed by atoms with van der Waals surface area (Å²) in [5.41, 5.74) is 1.48. The maximum Gasteiger partial charge on any atom is 0.193 e. The third-order valence-electron chi connectivity index (χ3n) is 3.10. The molecule has 0 unspecified atom stereocenters. The minimum absolute atomic E-state index is 0.0410. The van der Waals surface area contributed by atoms with Crippen molar-refractivity contribution in [1.82, 2.24) is 4.90 Å². The molecule has 3 rings (SSSR count). The average molecular weight is 235 g/mol. The summed E-state index contributed by atoms with van der Waals surface area (Å²) in [5.74, 6) is 5.94. The predicted molar refractivity (Wildman–Crippen MR) is 70.2 cm³/mol. The Kier molecular flexibility index (Phi) is 2.90. The van der Waals surface area contributed by atoms with Gasteiger partial charge in [0.25, 0.3) is 0 Å². The van der Waals surface area contributed by atoms with Crippen LogP contribution in [0.25, 0.3) is 0 Å². The van der Waals surface area contributed by atoms with Gasteiger partial charge in [0.1, 0.15) is 0 Å². The number of carbonyl (C=O) groups excluding carboxylic acids is 1. The van der Waals surface area contributed by atoms with Crippen LogP contribution in [0.15, 0.2) is 47.7 Å². The van der Waals surface area contributed by atoms with E-state index in [2.05, 4.69) is 35.4 Å². The van der Waals surface area contributed by atoms with E-state index >= 15 is 0 Å². The predicted octanol–water partition coefficient (Wildman–Crippen LogP) is 2.05. The van der Waals surface area contributed by atoms with Crippen LogP contribution in [0.2, 0.25) is 0 Å². The van der Waals surface area contributed by atoms with Gasteiger partial charge in [-0.05, 0) is 25.0 Å². The van der Waals surface area contributed by atoms with Gasteiger partial charge in [0.05, 0.1) is 5.57 Å². The first-order chi connectivity index (χ1) is 8.83. The van der Waals surface area contributed by atoms with Crippen molar-refractivity contribution in [3.63, 3.8) is 0 Å². The molecule has 18 heavy (non-hydrogen) atoms. The molecule has 0 aromatic rings. The number of allylic oxidation sites excluding steroid dienone is 6. The van der Waals surface area contributed by atoms with E-state index in [1.165, 1.54) is 18.9 Å². The highest BCUT2D eigenvalue weighted by molar-refractivity contribution is 6.08. The molecule has 0 spiro atoms. The van der Waals surface area contributed by atoms with Crippen LogP contribution in [0.4, 0.5) is 0 Å². The normalized spacial score (nSPS) is 22.2. The standard InChI is InChI=1S/C16H13NO/c18-16-6-2-1-5-14(16)8-7-13-4-3-11-17(12-13)15-9-10-15/h2-6,12,15H,9-11H2. The van der Waals surface area contributed by atoms with E-state index in [0.717, 1.165) is 12.1 Å². The molecule has 0 N–H and O–H groups in total. The molecule has 2 radical (unpaired) electrons. The largest absolute Gasteiger partial charge is 0.370 e. The second-order valence-corrected chi connectivity index (χ2v) is 4.59. The Balaban J connectivity index is 1.74. The first-order valence-electron chi connectivity index (χ1n) is 6.16. The minimum Gasteiger partial charge on any atom is -0.370 e. The van der Waals surface area contributed by atoms with Gasteiger partial charge in [-0.3, -0.25) is 4.79 Å². The van der Waals surface area contributed by atoms with Crippen LogP contribution in [0.1, 0.15) is 12.8 Å². The monoisotopic (exact) mass is 235 g/mol. The van der Waals surface area contributed by atoms with E-state index in [0.29, 0.717) is 11.6 Å². The zero-order chi connectivity index (χ0) is 12.4. The first-order valence-corrected chi connectivity index (χ1v) is 6.16. The van der Waals surface area contributed by atoms with Gasteiger partial charge in [-0.1, -0.05) is 30.1 Å². The average Bonchev–Trinajstić information content (AvgIpc) is 3.23. The van der Waals surface area contributed by atoms with E-state index in [4.69, 9.17) is 0 Å². The van der Waals surface area contributed by atoms with Gasteiger partial charge >= 0.3 is 0 Å². The third kappa shape index (κ3) is 2.46.